The van der Waals surface area contributed by atoms with E-state index in [9.17, 15) is 9.59 Å². The minimum Gasteiger partial charge on any atom is -0.494 e. The Morgan fingerprint density at radius 3 is 2.59 bits per heavy atom. The summed E-state index contributed by atoms with van der Waals surface area (Å²) in [4.78, 5) is 34.3. The van der Waals surface area contributed by atoms with E-state index in [0.29, 0.717) is 30.5 Å². The summed E-state index contributed by atoms with van der Waals surface area (Å²) in [6.07, 6.45) is 1.84. The molecule has 1 aliphatic rings. The van der Waals surface area contributed by atoms with E-state index in [-0.39, 0.29) is 23.3 Å². The van der Waals surface area contributed by atoms with Crippen LogP contribution < -0.4 is 26.0 Å². The van der Waals surface area contributed by atoms with E-state index in [1.807, 2.05) is 41.3 Å². The fraction of sp³-hybridized carbons (Fsp3) is 0.333. The zero-order valence-electron chi connectivity index (χ0n) is 21.2. The second-order valence-corrected chi connectivity index (χ2v) is 9.32. The quantitative estimate of drug-likeness (QED) is 0.354. The van der Waals surface area contributed by atoms with Crippen molar-refractivity contribution < 1.29 is 19.4 Å². The van der Waals surface area contributed by atoms with Crippen molar-refractivity contribution in [2.75, 3.05) is 30.4 Å². The standard InChI is InChI=1S/C27H32N6O4/c1-16(2)20-12-18(17-8-5-4-6-9-17)13-22(23(20)37-3)31-25-21(24(28)34)14-29-26(32-25)33-11-7-10-19(15-33)30-27(35)36/h4-6,8-9,12-14,16,19,30H,7,10-11,15H2,1-3H3,(H2,28,34)(H,35,36)(H,29,31,32). The minimum atomic E-state index is -1.06. The first-order valence-corrected chi connectivity index (χ1v) is 12.2. The van der Waals surface area contributed by atoms with Gasteiger partial charge in [0.25, 0.3) is 5.91 Å². The van der Waals surface area contributed by atoms with E-state index in [0.717, 1.165) is 29.5 Å². The molecule has 1 unspecified atom stereocenters. The van der Waals surface area contributed by atoms with E-state index in [1.54, 1.807) is 7.11 Å². The van der Waals surface area contributed by atoms with Crippen LogP contribution in [0.25, 0.3) is 11.1 Å². The normalized spacial score (nSPS) is 15.4. The zero-order chi connectivity index (χ0) is 26.5. The molecule has 0 aliphatic carbocycles. The maximum Gasteiger partial charge on any atom is 0.404 e. The Morgan fingerprint density at radius 2 is 1.95 bits per heavy atom. The first-order valence-electron chi connectivity index (χ1n) is 12.2. The fourth-order valence-corrected chi connectivity index (χ4v) is 4.58. The number of nitrogens with two attached hydrogens (primary N) is 1. The Morgan fingerprint density at radius 1 is 1.19 bits per heavy atom. The van der Waals surface area contributed by atoms with Crippen LogP contribution in [0.4, 0.5) is 22.2 Å². The molecule has 1 aliphatic heterocycles. The number of carbonyl (C=O) groups is 2. The number of nitrogens with one attached hydrogen (secondary N) is 2. The first-order chi connectivity index (χ1) is 17.8. The first kappa shape index (κ1) is 25.7. The predicted molar refractivity (Wildman–Crippen MR) is 143 cm³/mol. The van der Waals surface area contributed by atoms with Gasteiger partial charge in [0.1, 0.15) is 17.1 Å². The number of methoxy groups -OCH3 is 1. The number of amides is 2. The molecule has 1 aromatic heterocycles. The number of carbonyl (C=O) groups excluding carboxylic acids is 1. The van der Waals surface area contributed by atoms with Gasteiger partial charge in [0, 0.05) is 25.3 Å². The highest BCUT2D eigenvalue weighted by Gasteiger charge is 2.25. The Bertz CT molecular complexity index is 1280. The average Bonchev–Trinajstić information content (AvgIpc) is 2.88. The molecule has 1 saturated heterocycles. The lowest BCUT2D eigenvalue weighted by Gasteiger charge is -2.32. The lowest BCUT2D eigenvalue weighted by molar-refractivity contribution is 0.100. The van der Waals surface area contributed by atoms with E-state index >= 15 is 0 Å². The number of benzene rings is 2. The van der Waals surface area contributed by atoms with Gasteiger partial charge in [-0.1, -0.05) is 44.2 Å². The van der Waals surface area contributed by atoms with Gasteiger partial charge in [0.15, 0.2) is 0 Å². The Balaban J connectivity index is 1.76. The van der Waals surface area contributed by atoms with Gasteiger partial charge in [-0.05, 0) is 47.6 Å². The second kappa shape index (κ2) is 11.2. The van der Waals surface area contributed by atoms with E-state index in [2.05, 4.69) is 40.5 Å². The lowest BCUT2D eigenvalue weighted by atomic mass is 9.95. The molecule has 10 heteroatoms. The van der Waals surface area contributed by atoms with Gasteiger partial charge < -0.3 is 31.1 Å². The fourth-order valence-electron chi connectivity index (χ4n) is 4.58. The van der Waals surface area contributed by atoms with Crippen molar-refractivity contribution in [1.29, 1.82) is 0 Å². The molecule has 194 valence electrons. The molecule has 2 heterocycles. The second-order valence-electron chi connectivity index (χ2n) is 9.32. The van der Waals surface area contributed by atoms with E-state index < -0.39 is 12.0 Å². The number of piperidine rings is 1. The summed E-state index contributed by atoms with van der Waals surface area (Å²) in [6.45, 7) is 5.27. The van der Waals surface area contributed by atoms with Crippen molar-refractivity contribution in [2.45, 2.75) is 38.6 Å². The molecule has 37 heavy (non-hydrogen) atoms. The van der Waals surface area contributed by atoms with Crippen LogP contribution in [0.2, 0.25) is 0 Å². The molecule has 2 amide bonds. The van der Waals surface area contributed by atoms with Gasteiger partial charge in [-0.3, -0.25) is 4.79 Å². The summed E-state index contributed by atoms with van der Waals surface area (Å²) in [5, 5.41) is 14.9. The SMILES string of the molecule is COc1c(Nc2nc(N3CCCC(NC(=O)O)C3)ncc2C(N)=O)cc(-c2ccccc2)cc1C(C)C. The molecule has 4 rings (SSSR count). The van der Waals surface area contributed by atoms with Gasteiger partial charge >= 0.3 is 6.09 Å². The molecular weight excluding hydrogens is 472 g/mol. The molecular formula is C27H32N6O4. The van der Waals surface area contributed by atoms with Crippen molar-refractivity contribution >= 4 is 29.5 Å². The summed E-state index contributed by atoms with van der Waals surface area (Å²) >= 11 is 0. The van der Waals surface area contributed by atoms with Crippen molar-refractivity contribution in [1.82, 2.24) is 15.3 Å². The minimum absolute atomic E-state index is 0.138. The lowest BCUT2D eigenvalue weighted by Crippen LogP contribution is -2.48. The van der Waals surface area contributed by atoms with Gasteiger partial charge in [0.2, 0.25) is 5.95 Å². The zero-order valence-corrected chi connectivity index (χ0v) is 21.2. The molecule has 10 nitrogen and oxygen atoms in total. The van der Waals surface area contributed by atoms with Crippen LogP contribution in [0, 0.1) is 0 Å². The topological polar surface area (TPSA) is 143 Å². The number of nitrogens with zero attached hydrogens (tertiary/aromatic N) is 3. The van der Waals surface area contributed by atoms with Crippen molar-refractivity contribution in [3.05, 3.63) is 59.8 Å². The molecule has 1 atom stereocenters. The third-order valence-electron chi connectivity index (χ3n) is 6.38. The highest BCUT2D eigenvalue weighted by atomic mass is 16.5. The predicted octanol–water partition coefficient (Wildman–Crippen LogP) is 4.35. The number of carboxylic acid groups (broad SMARTS) is 1. The summed E-state index contributed by atoms with van der Waals surface area (Å²) in [6, 6.07) is 13.8. The van der Waals surface area contributed by atoms with Gasteiger partial charge in [-0.15, -0.1) is 0 Å². The van der Waals surface area contributed by atoms with Gasteiger partial charge in [0.05, 0.1) is 12.8 Å². The summed E-state index contributed by atoms with van der Waals surface area (Å²) in [5.74, 6) is 0.785. The molecule has 3 aromatic rings. The van der Waals surface area contributed by atoms with Crippen LogP contribution >= 0.6 is 0 Å². The monoisotopic (exact) mass is 504 g/mol. The Hall–Kier alpha value is -4.34. The molecule has 2 aromatic carbocycles. The number of ether oxygens (including phenoxy) is 1. The smallest absolute Gasteiger partial charge is 0.404 e. The third kappa shape index (κ3) is 5.91. The van der Waals surface area contributed by atoms with Crippen LogP contribution in [-0.4, -0.2) is 53.3 Å². The van der Waals surface area contributed by atoms with Crippen LogP contribution in [-0.2, 0) is 0 Å². The Kier molecular flexibility index (Phi) is 7.76. The average molecular weight is 505 g/mol. The molecule has 5 N–H and O–H groups in total. The molecule has 0 saturated carbocycles. The highest BCUT2D eigenvalue weighted by Crippen LogP contribution is 2.40. The molecule has 0 radical (unpaired) electrons. The summed E-state index contributed by atoms with van der Waals surface area (Å²) < 4.78 is 5.80. The number of hydrogen-bond donors (Lipinski definition) is 4. The number of primary amides is 1. The number of hydrogen-bond acceptors (Lipinski definition) is 7. The maximum absolute atomic E-state index is 12.3. The number of rotatable bonds is 8. The molecule has 1 fully saturated rings. The van der Waals surface area contributed by atoms with E-state index in [4.69, 9.17) is 15.6 Å². The third-order valence-corrected chi connectivity index (χ3v) is 6.38. The van der Waals surface area contributed by atoms with Crippen LogP contribution in [0.1, 0.15) is 48.5 Å². The number of anilines is 3. The Labute approximate surface area is 215 Å². The van der Waals surface area contributed by atoms with Crippen LogP contribution in [0.5, 0.6) is 5.75 Å². The van der Waals surface area contributed by atoms with Crippen molar-refractivity contribution in [3.63, 3.8) is 0 Å². The summed E-state index contributed by atoms with van der Waals surface area (Å²) in [7, 11) is 1.61. The molecule has 0 spiro atoms. The van der Waals surface area contributed by atoms with Gasteiger partial charge in [-0.2, -0.15) is 4.98 Å². The number of aromatic nitrogens is 2. The van der Waals surface area contributed by atoms with Gasteiger partial charge in [-0.25, -0.2) is 9.78 Å². The maximum atomic E-state index is 12.3. The highest BCUT2D eigenvalue weighted by molar-refractivity contribution is 5.98. The largest absolute Gasteiger partial charge is 0.494 e. The van der Waals surface area contributed by atoms with Crippen LogP contribution in [0.3, 0.4) is 0 Å². The summed E-state index contributed by atoms with van der Waals surface area (Å²) in [5.41, 5.74) is 9.47. The van der Waals surface area contributed by atoms with Crippen LogP contribution in [0.15, 0.2) is 48.7 Å². The molecule has 0 bridgehead atoms. The van der Waals surface area contributed by atoms with E-state index in [1.165, 1.54) is 6.20 Å². The van der Waals surface area contributed by atoms with Crippen molar-refractivity contribution in [2.24, 2.45) is 5.73 Å². The van der Waals surface area contributed by atoms with Crippen molar-refractivity contribution in [3.8, 4) is 16.9 Å².